The number of hydrogen-bond acceptors (Lipinski definition) is 4. The van der Waals surface area contributed by atoms with E-state index >= 15 is 0 Å². The molecule has 2 aliphatic rings. The van der Waals surface area contributed by atoms with E-state index in [-0.39, 0.29) is 17.9 Å². The predicted molar refractivity (Wildman–Crippen MR) is 90.2 cm³/mol. The average molecular weight is 398 g/mol. The molecule has 0 aromatic heterocycles. The van der Waals surface area contributed by atoms with Crippen molar-refractivity contribution >= 4 is 27.8 Å². The van der Waals surface area contributed by atoms with Gasteiger partial charge in [0.2, 0.25) is 5.91 Å². The Morgan fingerprint density at radius 2 is 1.83 bits per heavy atom. The van der Waals surface area contributed by atoms with E-state index in [1.165, 1.54) is 0 Å². The number of fused-ring (bicyclic) bond motifs is 1. The Balaban J connectivity index is 1.68. The van der Waals surface area contributed by atoms with E-state index in [1.54, 1.807) is 0 Å². The van der Waals surface area contributed by atoms with Crippen molar-refractivity contribution in [3.05, 3.63) is 22.2 Å². The Labute approximate surface area is 148 Å². The van der Waals surface area contributed by atoms with Crippen LogP contribution in [-0.4, -0.2) is 30.2 Å². The molecule has 1 fully saturated rings. The van der Waals surface area contributed by atoms with Gasteiger partial charge in [0.25, 0.3) is 0 Å². The Hall–Kier alpha value is -1.76. The molecule has 1 amide bonds. The molecule has 1 aliphatic heterocycles. The van der Waals surface area contributed by atoms with Gasteiger partial charge in [0.1, 0.15) is 13.2 Å². The number of carbonyl (C=O) groups is 2. The van der Waals surface area contributed by atoms with Crippen molar-refractivity contribution in [1.29, 1.82) is 0 Å². The molecule has 0 spiro atoms. The van der Waals surface area contributed by atoms with Crippen LogP contribution in [0.2, 0.25) is 0 Å². The van der Waals surface area contributed by atoms with Crippen LogP contribution >= 0.6 is 15.9 Å². The number of nitrogens with one attached hydrogen (secondary N) is 1. The fourth-order valence-corrected chi connectivity index (χ4v) is 3.93. The van der Waals surface area contributed by atoms with Crippen LogP contribution in [0.15, 0.2) is 16.6 Å². The van der Waals surface area contributed by atoms with Gasteiger partial charge >= 0.3 is 5.97 Å². The zero-order chi connectivity index (χ0) is 17.3. The fourth-order valence-electron chi connectivity index (χ4n) is 3.26. The minimum absolute atomic E-state index is 0.0898. The van der Waals surface area contributed by atoms with Gasteiger partial charge in [-0.25, -0.2) is 0 Å². The first-order valence-electron chi connectivity index (χ1n) is 8.08. The Morgan fingerprint density at radius 1 is 1.21 bits per heavy atom. The van der Waals surface area contributed by atoms with Gasteiger partial charge in [-0.2, -0.15) is 0 Å². The number of benzene rings is 1. The molecule has 7 heteroatoms. The first kappa shape index (κ1) is 17.1. The van der Waals surface area contributed by atoms with Crippen LogP contribution in [0.5, 0.6) is 11.5 Å². The summed E-state index contributed by atoms with van der Waals surface area (Å²) in [7, 11) is 0. The summed E-state index contributed by atoms with van der Waals surface area (Å²) in [5, 5.41) is 12.0. The first-order valence-corrected chi connectivity index (χ1v) is 8.87. The summed E-state index contributed by atoms with van der Waals surface area (Å²) in [6.45, 7) is 2.93. The second-order valence-corrected chi connectivity index (χ2v) is 7.15. The molecule has 0 saturated heterocycles. The maximum atomic E-state index is 12.4. The van der Waals surface area contributed by atoms with Gasteiger partial charge in [0.15, 0.2) is 11.5 Å². The van der Waals surface area contributed by atoms with Gasteiger partial charge in [-0.3, -0.25) is 9.59 Å². The van der Waals surface area contributed by atoms with Gasteiger partial charge < -0.3 is 19.9 Å². The molecule has 1 unspecified atom stereocenters. The molecular formula is C17H20BrNO5. The molecule has 1 aliphatic carbocycles. The lowest BCUT2D eigenvalue weighted by atomic mass is 10.0. The van der Waals surface area contributed by atoms with Crippen molar-refractivity contribution in [3.63, 3.8) is 0 Å². The lowest BCUT2D eigenvalue weighted by Crippen LogP contribution is -2.32. The van der Waals surface area contributed by atoms with Crippen LogP contribution in [0, 0.1) is 11.8 Å². The van der Waals surface area contributed by atoms with E-state index in [0.717, 1.165) is 10.0 Å². The number of carbonyl (C=O) groups excluding carboxylic acids is 1. The molecule has 1 aromatic carbocycles. The number of aliphatic carboxylic acids is 1. The number of ether oxygens (including phenoxy) is 2. The van der Waals surface area contributed by atoms with E-state index < -0.39 is 11.9 Å². The molecule has 1 aromatic rings. The highest BCUT2D eigenvalue weighted by Gasteiger charge is 2.34. The highest BCUT2D eigenvalue weighted by atomic mass is 79.9. The van der Waals surface area contributed by atoms with E-state index in [4.69, 9.17) is 14.6 Å². The van der Waals surface area contributed by atoms with Crippen LogP contribution in [0.4, 0.5) is 0 Å². The van der Waals surface area contributed by atoms with E-state index in [0.29, 0.717) is 44.0 Å². The van der Waals surface area contributed by atoms with Crippen molar-refractivity contribution < 1.29 is 24.2 Å². The van der Waals surface area contributed by atoms with Gasteiger partial charge in [0.05, 0.1) is 12.0 Å². The second-order valence-electron chi connectivity index (χ2n) is 6.29. The standard InChI is InChI=1S/C17H20BrNO5/c1-9(19-16(20)10-2-3-11(6-10)17(21)22)12-7-14-15(8-13(12)18)24-5-4-23-14/h7-11H,2-6H2,1H3,(H,19,20)(H,21,22)/t9?,10-,11+/m1/s1. The van der Waals surface area contributed by atoms with E-state index in [9.17, 15) is 9.59 Å². The van der Waals surface area contributed by atoms with Gasteiger partial charge in [0, 0.05) is 10.4 Å². The maximum Gasteiger partial charge on any atom is 0.306 e. The monoisotopic (exact) mass is 397 g/mol. The third-order valence-electron chi connectivity index (χ3n) is 4.64. The molecule has 130 valence electrons. The average Bonchev–Trinajstić information content (AvgIpc) is 3.04. The predicted octanol–water partition coefficient (Wildman–Crippen LogP) is 2.90. The van der Waals surface area contributed by atoms with Crippen LogP contribution in [0.25, 0.3) is 0 Å². The summed E-state index contributed by atoms with van der Waals surface area (Å²) in [6, 6.07) is 3.51. The maximum absolute atomic E-state index is 12.4. The lowest BCUT2D eigenvalue weighted by Gasteiger charge is -2.23. The van der Waals surface area contributed by atoms with Crippen LogP contribution in [0.1, 0.15) is 37.8 Å². The summed E-state index contributed by atoms with van der Waals surface area (Å²) in [5.74, 6) is -0.176. The highest BCUT2D eigenvalue weighted by Crippen LogP contribution is 2.38. The molecule has 2 N–H and O–H groups in total. The Morgan fingerprint density at radius 3 is 2.46 bits per heavy atom. The van der Waals surface area contributed by atoms with Crippen LogP contribution in [0.3, 0.4) is 0 Å². The summed E-state index contributed by atoms with van der Waals surface area (Å²) in [4.78, 5) is 23.5. The topological polar surface area (TPSA) is 84.9 Å². The number of halogens is 1. The van der Waals surface area contributed by atoms with Gasteiger partial charge in [-0.15, -0.1) is 0 Å². The Bertz CT molecular complexity index is 663. The van der Waals surface area contributed by atoms with Gasteiger partial charge in [-0.05, 0) is 43.9 Å². The highest BCUT2D eigenvalue weighted by molar-refractivity contribution is 9.10. The minimum atomic E-state index is -0.812. The largest absolute Gasteiger partial charge is 0.486 e. The third kappa shape index (κ3) is 3.50. The number of hydrogen-bond donors (Lipinski definition) is 2. The van der Waals surface area contributed by atoms with E-state index in [1.807, 2.05) is 19.1 Å². The normalized spacial score (nSPS) is 23.6. The molecule has 1 heterocycles. The van der Waals surface area contributed by atoms with Crippen molar-refractivity contribution in [2.45, 2.75) is 32.2 Å². The van der Waals surface area contributed by atoms with Gasteiger partial charge in [-0.1, -0.05) is 15.9 Å². The molecule has 0 bridgehead atoms. The lowest BCUT2D eigenvalue weighted by molar-refractivity contribution is -0.141. The fraction of sp³-hybridized carbons (Fsp3) is 0.529. The molecule has 3 atom stereocenters. The van der Waals surface area contributed by atoms with Crippen molar-refractivity contribution in [3.8, 4) is 11.5 Å². The quantitative estimate of drug-likeness (QED) is 0.815. The molecule has 0 radical (unpaired) electrons. The summed E-state index contributed by atoms with van der Waals surface area (Å²) < 4.78 is 12.0. The molecule has 3 rings (SSSR count). The van der Waals surface area contributed by atoms with Crippen molar-refractivity contribution in [2.24, 2.45) is 11.8 Å². The number of rotatable bonds is 4. The van der Waals surface area contributed by atoms with Crippen molar-refractivity contribution in [2.75, 3.05) is 13.2 Å². The minimum Gasteiger partial charge on any atom is -0.486 e. The third-order valence-corrected chi connectivity index (χ3v) is 5.33. The zero-order valence-electron chi connectivity index (χ0n) is 13.4. The second kappa shape index (κ2) is 7.01. The summed E-state index contributed by atoms with van der Waals surface area (Å²) >= 11 is 3.51. The summed E-state index contributed by atoms with van der Waals surface area (Å²) in [6.07, 6.45) is 1.60. The molecule has 1 saturated carbocycles. The molecular weight excluding hydrogens is 378 g/mol. The number of amides is 1. The smallest absolute Gasteiger partial charge is 0.306 e. The summed E-state index contributed by atoms with van der Waals surface area (Å²) in [5.41, 5.74) is 0.903. The van der Waals surface area contributed by atoms with Crippen molar-refractivity contribution in [1.82, 2.24) is 5.32 Å². The number of carboxylic acid groups (broad SMARTS) is 1. The number of carboxylic acids is 1. The van der Waals surface area contributed by atoms with E-state index in [2.05, 4.69) is 21.2 Å². The van der Waals surface area contributed by atoms with Crippen LogP contribution in [-0.2, 0) is 9.59 Å². The Kier molecular flexibility index (Phi) is 4.99. The molecule has 6 nitrogen and oxygen atoms in total. The molecule has 24 heavy (non-hydrogen) atoms. The first-order chi connectivity index (χ1) is 11.5. The SMILES string of the molecule is CC(NC(=O)[C@@H]1CC[C@H](C(=O)O)C1)c1cc2c(cc1Br)OCCO2. The van der Waals surface area contributed by atoms with Crippen LogP contribution < -0.4 is 14.8 Å². The zero-order valence-corrected chi connectivity index (χ0v) is 15.0.